The van der Waals surface area contributed by atoms with Gasteiger partial charge in [0.2, 0.25) is 0 Å². The Morgan fingerprint density at radius 1 is 1.28 bits per heavy atom. The first-order valence-corrected chi connectivity index (χ1v) is 8.96. The Kier molecular flexibility index (Phi) is 4.71. The van der Waals surface area contributed by atoms with Crippen LogP contribution < -0.4 is 16.0 Å². The number of nitrogens with zero attached hydrogens (tertiary/aromatic N) is 5. The molecule has 0 aromatic carbocycles. The van der Waals surface area contributed by atoms with Gasteiger partial charge in [-0.05, 0) is 18.9 Å². The van der Waals surface area contributed by atoms with Crippen LogP contribution in [0.2, 0.25) is 0 Å². The highest BCUT2D eigenvalue weighted by atomic mass is 19.1. The van der Waals surface area contributed by atoms with Crippen molar-refractivity contribution >= 4 is 34.7 Å². The minimum Gasteiger partial charge on any atom is -0.481 e. The molecule has 4 N–H and O–H groups in total. The number of carboxylic acids is 1. The van der Waals surface area contributed by atoms with E-state index >= 15 is 0 Å². The van der Waals surface area contributed by atoms with Crippen molar-refractivity contribution < 1.29 is 19.1 Å². The highest BCUT2D eigenvalue weighted by Crippen LogP contribution is 2.30. The van der Waals surface area contributed by atoms with E-state index in [2.05, 4.69) is 20.4 Å². The molecule has 1 saturated heterocycles. The number of rotatable bonds is 4. The van der Waals surface area contributed by atoms with Gasteiger partial charge >= 0.3 is 5.97 Å². The second kappa shape index (κ2) is 7.34. The normalized spacial score (nSPS) is 14.9. The van der Waals surface area contributed by atoms with Gasteiger partial charge in [0.1, 0.15) is 5.56 Å². The van der Waals surface area contributed by atoms with E-state index in [9.17, 15) is 14.0 Å². The maximum Gasteiger partial charge on any atom is 0.306 e. The Morgan fingerprint density at radius 3 is 2.76 bits per heavy atom. The quantitative estimate of drug-likeness (QED) is 0.598. The largest absolute Gasteiger partial charge is 0.481 e. The Balaban J connectivity index is 1.59. The number of carbonyl (C=O) groups is 2. The van der Waals surface area contributed by atoms with Gasteiger partial charge in [-0.15, -0.1) is 5.10 Å². The summed E-state index contributed by atoms with van der Waals surface area (Å²) in [6, 6.07) is 1.75. The molecule has 1 aliphatic rings. The van der Waals surface area contributed by atoms with Gasteiger partial charge in [0.05, 0.1) is 35.9 Å². The lowest BCUT2D eigenvalue weighted by Crippen LogP contribution is -2.36. The number of amides is 1. The lowest BCUT2D eigenvalue weighted by atomic mass is 9.97. The summed E-state index contributed by atoms with van der Waals surface area (Å²) in [5.74, 6) is -2.39. The molecule has 11 heteroatoms. The molecule has 1 aliphatic heterocycles. The zero-order chi connectivity index (χ0) is 20.5. The smallest absolute Gasteiger partial charge is 0.306 e. The molecule has 0 aliphatic carbocycles. The highest BCUT2D eigenvalue weighted by molar-refractivity contribution is 6.12. The van der Waals surface area contributed by atoms with Gasteiger partial charge in [-0.3, -0.25) is 14.6 Å². The molecule has 0 bridgehead atoms. The van der Waals surface area contributed by atoms with E-state index in [1.165, 1.54) is 6.20 Å². The zero-order valence-electron chi connectivity index (χ0n) is 15.2. The highest BCUT2D eigenvalue weighted by Gasteiger charge is 2.27. The van der Waals surface area contributed by atoms with Crippen LogP contribution in [0, 0.1) is 11.7 Å². The second-order valence-electron chi connectivity index (χ2n) is 6.75. The molecule has 150 valence electrons. The zero-order valence-corrected chi connectivity index (χ0v) is 15.2. The van der Waals surface area contributed by atoms with Crippen LogP contribution >= 0.6 is 0 Å². The first-order valence-electron chi connectivity index (χ1n) is 8.96. The Morgan fingerprint density at radius 2 is 2.03 bits per heavy atom. The van der Waals surface area contributed by atoms with Gasteiger partial charge in [0, 0.05) is 19.3 Å². The van der Waals surface area contributed by atoms with Crippen LogP contribution in [0.4, 0.5) is 21.6 Å². The lowest BCUT2D eigenvalue weighted by molar-refractivity contribution is -0.142. The van der Waals surface area contributed by atoms with Crippen LogP contribution in [-0.4, -0.2) is 49.7 Å². The van der Waals surface area contributed by atoms with Crippen LogP contribution in [0.1, 0.15) is 23.2 Å². The van der Waals surface area contributed by atoms with Gasteiger partial charge in [-0.25, -0.2) is 13.9 Å². The van der Waals surface area contributed by atoms with E-state index in [-0.39, 0.29) is 22.9 Å². The predicted octanol–water partition coefficient (Wildman–Crippen LogP) is 1.40. The monoisotopic (exact) mass is 399 g/mol. The molecule has 0 atom stereocenters. The molecule has 0 radical (unpaired) electrons. The molecule has 0 unspecified atom stereocenters. The number of nitrogens with two attached hydrogens (primary N) is 1. The number of hydrogen-bond donors (Lipinski definition) is 3. The predicted molar refractivity (Wildman–Crippen MR) is 102 cm³/mol. The molecule has 29 heavy (non-hydrogen) atoms. The molecule has 1 fully saturated rings. The number of nitrogens with one attached hydrogen (secondary N) is 1. The third-order valence-corrected chi connectivity index (χ3v) is 4.93. The van der Waals surface area contributed by atoms with E-state index in [1.54, 1.807) is 12.3 Å². The molecule has 3 aromatic heterocycles. The van der Waals surface area contributed by atoms with E-state index in [0.717, 1.165) is 22.6 Å². The average Bonchev–Trinajstić information content (AvgIpc) is 3.03. The number of fused-ring (bicyclic) bond motifs is 1. The van der Waals surface area contributed by atoms with Crippen LogP contribution in [0.25, 0.3) is 5.65 Å². The van der Waals surface area contributed by atoms with Crippen LogP contribution in [0.15, 0.2) is 30.9 Å². The van der Waals surface area contributed by atoms with Crippen molar-refractivity contribution in [1.29, 1.82) is 0 Å². The third kappa shape index (κ3) is 3.53. The summed E-state index contributed by atoms with van der Waals surface area (Å²) in [5.41, 5.74) is 7.19. The van der Waals surface area contributed by atoms with Gasteiger partial charge < -0.3 is 21.1 Å². The van der Waals surface area contributed by atoms with Crippen molar-refractivity contribution in [2.24, 2.45) is 5.92 Å². The van der Waals surface area contributed by atoms with Crippen molar-refractivity contribution in [1.82, 2.24) is 19.6 Å². The summed E-state index contributed by atoms with van der Waals surface area (Å²) in [6.45, 7) is 1.09. The van der Waals surface area contributed by atoms with Gasteiger partial charge in [-0.1, -0.05) is 0 Å². The number of nitrogen functional groups attached to an aromatic ring is 1. The minimum atomic E-state index is -0.791. The number of carbonyl (C=O) groups excluding carboxylic acids is 1. The molecule has 0 spiro atoms. The topological polar surface area (TPSA) is 139 Å². The Labute approximate surface area is 164 Å². The van der Waals surface area contributed by atoms with Crippen LogP contribution in [0.5, 0.6) is 0 Å². The fraction of sp³-hybridized carbons (Fsp3) is 0.278. The van der Waals surface area contributed by atoms with Crippen molar-refractivity contribution in [3.05, 3.63) is 42.2 Å². The van der Waals surface area contributed by atoms with Crippen LogP contribution in [0.3, 0.4) is 0 Å². The number of anilines is 3. The number of halogens is 1. The number of piperidine rings is 1. The molecule has 4 heterocycles. The molecule has 3 aromatic rings. The maximum absolute atomic E-state index is 13.3. The first-order chi connectivity index (χ1) is 13.9. The summed E-state index contributed by atoms with van der Waals surface area (Å²) in [6.07, 6.45) is 6.20. The SMILES string of the molecule is Nc1nn2cc(F)cnc2c1C(=O)Nc1cnccc1N1CCC(C(=O)O)CC1. The molecule has 1 amide bonds. The van der Waals surface area contributed by atoms with Gasteiger partial charge in [0.15, 0.2) is 17.3 Å². The Bertz CT molecular complexity index is 1090. The molecule has 4 rings (SSSR count). The van der Waals surface area contributed by atoms with Gasteiger partial charge in [-0.2, -0.15) is 0 Å². The number of pyridine rings is 1. The lowest BCUT2D eigenvalue weighted by Gasteiger charge is -2.33. The van der Waals surface area contributed by atoms with Crippen molar-refractivity contribution in [2.75, 3.05) is 29.0 Å². The van der Waals surface area contributed by atoms with Gasteiger partial charge in [0.25, 0.3) is 5.91 Å². The minimum absolute atomic E-state index is 0.0318. The number of carboxylic acid groups (broad SMARTS) is 1. The Hall–Kier alpha value is -3.76. The first kappa shape index (κ1) is 18.6. The summed E-state index contributed by atoms with van der Waals surface area (Å²) >= 11 is 0. The number of hydrogen-bond acceptors (Lipinski definition) is 7. The molecule has 10 nitrogen and oxygen atoms in total. The van der Waals surface area contributed by atoms with Crippen molar-refractivity contribution in [3.8, 4) is 0 Å². The average molecular weight is 399 g/mol. The fourth-order valence-electron chi connectivity index (χ4n) is 3.46. The number of aromatic nitrogens is 4. The van der Waals surface area contributed by atoms with Crippen LogP contribution in [-0.2, 0) is 4.79 Å². The standard InChI is InChI=1S/C18H18FN7O3/c19-11-7-22-16-14(15(20)24-26(16)9-11)17(27)23-12-8-21-4-1-13(12)25-5-2-10(3-6-25)18(28)29/h1,4,7-10H,2-3,5-6H2,(H2,20,24)(H,23,27)(H,28,29). The van der Waals surface area contributed by atoms with Crippen molar-refractivity contribution in [3.63, 3.8) is 0 Å². The molecular weight excluding hydrogens is 381 g/mol. The molecule has 0 saturated carbocycles. The summed E-state index contributed by atoms with van der Waals surface area (Å²) in [4.78, 5) is 34.0. The summed E-state index contributed by atoms with van der Waals surface area (Å²) in [7, 11) is 0. The van der Waals surface area contributed by atoms with Crippen molar-refractivity contribution in [2.45, 2.75) is 12.8 Å². The maximum atomic E-state index is 13.3. The molecular formula is C18H18FN7O3. The van der Waals surface area contributed by atoms with E-state index < -0.39 is 17.7 Å². The summed E-state index contributed by atoms with van der Waals surface area (Å²) in [5, 5.41) is 15.9. The van der Waals surface area contributed by atoms with E-state index in [4.69, 9.17) is 10.8 Å². The fourth-order valence-corrected chi connectivity index (χ4v) is 3.46. The number of aliphatic carboxylic acids is 1. The summed E-state index contributed by atoms with van der Waals surface area (Å²) < 4.78 is 14.5. The van der Waals surface area contributed by atoms with E-state index in [1.807, 2.05) is 4.90 Å². The van der Waals surface area contributed by atoms with E-state index in [0.29, 0.717) is 31.6 Å². The third-order valence-electron chi connectivity index (χ3n) is 4.93. The second-order valence-corrected chi connectivity index (χ2v) is 6.75.